The second-order valence-electron chi connectivity index (χ2n) is 4.65. The van der Waals surface area contributed by atoms with Crippen LogP contribution in [0.4, 0.5) is 0 Å². The molecule has 18 heavy (non-hydrogen) atoms. The van der Waals surface area contributed by atoms with Crippen LogP contribution in [0.3, 0.4) is 0 Å². The molecule has 1 fully saturated rings. The number of thiophene rings is 1. The Labute approximate surface area is 110 Å². The van der Waals surface area contributed by atoms with E-state index >= 15 is 0 Å². The molecule has 0 atom stereocenters. The molecule has 1 aliphatic rings. The third kappa shape index (κ3) is 2.59. The lowest BCUT2D eigenvalue weighted by Crippen LogP contribution is -2.24. The Bertz CT molecular complexity index is 488. The van der Waals surface area contributed by atoms with Crippen molar-refractivity contribution < 1.29 is 0 Å². The van der Waals surface area contributed by atoms with Gasteiger partial charge in [0.05, 0.1) is 12.6 Å². The van der Waals surface area contributed by atoms with E-state index in [0.29, 0.717) is 6.04 Å². The quantitative estimate of drug-likeness (QED) is 0.800. The lowest BCUT2D eigenvalue weighted by molar-refractivity contribution is 0.260. The maximum absolute atomic E-state index is 4.16. The average molecular weight is 263 g/mol. The zero-order chi connectivity index (χ0) is 12.4. The normalized spacial score (nSPS) is 15.4. The second-order valence-corrected chi connectivity index (χ2v) is 5.69. The zero-order valence-corrected chi connectivity index (χ0v) is 11.3. The summed E-state index contributed by atoms with van der Waals surface area (Å²) in [5.41, 5.74) is 0. The van der Waals surface area contributed by atoms with Crippen molar-refractivity contribution >= 4 is 11.3 Å². The van der Waals surface area contributed by atoms with Gasteiger partial charge in [-0.1, -0.05) is 13.0 Å². The highest BCUT2D eigenvalue weighted by molar-refractivity contribution is 7.09. The van der Waals surface area contributed by atoms with Crippen molar-refractivity contribution in [2.45, 2.75) is 38.9 Å². The predicted molar refractivity (Wildman–Crippen MR) is 70.2 cm³/mol. The summed E-state index contributed by atoms with van der Waals surface area (Å²) in [6.07, 6.45) is 2.43. The Morgan fingerprint density at radius 3 is 3.00 bits per heavy atom. The van der Waals surface area contributed by atoms with Gasteiger partial charge in [-0.2, -0.15) is 0 Å². The number of nitrogens with zero attached hydrogens (tertiary/aromatic N) is 5. The first-order chi connectivity index (χ1) is 8.86. The maximum atomic E-state index is 4.16. The summed E-state index contributed by atoms with van der Waals surface area (Å²) in [5, 5.41) is 14.2. The molecule has 0 N–H and O–H groups in total. The molecule has 2 heterocycles. The summed E-state index contributed by atoms with van der Waals surface area (Å²) in [5.74, 6) is 0.996. The molecule has 2 aromatic heterocycles. The molecular formula is C12H17N5S. The van der Waals surface area contributed by atoms with Gasteiger partial charge in [0.25, 0.3) is 0 Å². The van der Waals surface area contributed by atoms with Crippen LogP contribution in [-0.4, -0.2) is 31.7 Å². The van der Waals surface area contributed by atoms with Gasteiger partial charge in [-0.3, -0.25) is 4.90 Å². The van der Waals surface area contributed by atoms with E-state index in [1.165, 1.54) is 17.7 Å². The van der Waals surface area contributed by atoms with Crippen LogP contribution in [0.2, 0.25) is 0 Å². The van der Waals surface area contributed by atoms with Gasteiger partial charge in [0, 0.05) is 11.4 Å². The molecule has 0 amide bonds. The van der Waals surface area contributed by atoms with Crippen molar-refractivity contribution in [2.75, 3.05) is 6.54 Å². The van der Waals surface area contributed by atoms with Gasteiger partial charge in [0.2, 0.25) is 0 Å². The summed E-state index contributed by atoms with van der Waals surface area (Å²) >= 11 is 1.80. The molecule has 5 nitrogen and oxygen atoms in total. The lowest BCUT2D eigenvalue weighted by Gasteiger charge is -2.18. The first-order valence-electron chi connectivity index (χ1n) is 6.38. The van der Waals surface area contributed by atoms with E-state index in [1.54, 1.807) is 11.3 Å². The third-order valence-corrected chi connectivity index (χ3v) is 4.09. The molecule has 0 saturated heterocycles. The lowest BCUT2D eigenvalue weighted by atomic mass is 10.4. The predicted octanol–water partition coefficient (Wildman–Crippen LogP) is 2.09. The SMILES string of the molecule is CCN(Cc1cccs1)Cc1nnnn1C1CC1. The molecule has 2 aromatic rings. The van der Waals surface area contributed by atoms with Crippen LogP contribution in [0.1, 0.15) is 36.5 Å². The third-order valence-electron chi connectivity index (χ3n) is 3.23. The average Bonchev–Trinajstić information content (AvgIpc) is 2.91. The number of aromatic nitrogens is 4. The van der Waals surface area contributed by atoms with Crippen LogP contribution < -0.4 is 0 Å². The van der Waals surface area contributed by atoms with E-state index < -0.39 is 0 Å². The van der Waals surface area contributed by atoms with E-state index in [-0.39, 0.29) is 0 Å². The van der Waals surface area contributed by atoms with Crippen LogP contribution in [0.5, 0.6) is 0 Å². The summed E-state index contributed by atoms with van der Waals surface area (Å²) < 4.78 is 2.00. The maximum Gasteiger partial charge on any atom is 0.165 e. The molecule has 0 spiro atoms. The summed E-state index contributed by atoms with van der Waals surface area (Å²) in [7, 11) is 0. The van der Waals surface area contributed by atoms with Crippen LogP contribution in [0.25, 0.3) is 0 Å². The van der Waals surface area contributed by atoms with Gasteiger partial charge in [-0.15, -0.1) is 16.4 Å². The van der Waals surface area contributed by atoms with Gasteiger partial charge < -0.3 is 0 Å². The van der Waals surface area contributed by atoms with Crippen LogP contribution in [0, 0.1) is 0 Å². The monoisotopic (exact) mass is 263 g/mol. The van der Waals surface area contributed by atoms with Crippen molar-refractivity contribution in [3.63, 3.8) is 0 Å². The Morgan fingerprint density at radius 2 is 2.33 bits per heavy atom. The van der Waals surface area contributed by atoms with E-state index in [2.05, 4.69) is 44.9 Å². The first-order valence-corrected chi connectivity index (χ1v) is 7.26. The van der Waals surface area contributed by atoms with Crippen LogP contribution >= 0.6 is 11.3 Å². The minimum atomic E-state index is 0.551. The van der Waals surface area contributed by atoms with Gasteiger partial charge in [0.15, 0.2) is 5.82 Å². The highest BCUT2D eigenvalue weighted by atomic mass is 32.1. The summed E-state index contributed by atoms with van der Waals surface area (Å²) in [6.45, 7) is 5.00. The molecule has 3 rings (SSSR count). The highest BCUT2D eigenvalue weighted by Gasteiger charge is 2.28. The van der Waals surface area contributed by atoms with Gasteiger partial charge >= 0.3 is 0 Å². The Hall–Kier alpha value is -1.27. The molecule has 0 radical (unpaired) electrons. The number of rotatable bonds is 6. The van der Waals surface area contributed by atoms with E-state index in [4.69, 9.17) is 0 Å². The standard InChI is InChI=1S/C12H17N5S/c1-2-16(8-11-4-3-7-18-11)9-12-13-14-15-17(12)10-5-6-10/h3-4,7,10H,2,5-6,8-9H2,1H3. The largest absolute Gasteiger partial charge is 0.291 e. The Balaban J connectivity index is 1.67. The molecule has 96 valence electrons. The fourth-order valence-corrected chi connectivity index (χ4v) is 2.77. The first kappa shape index (κ1) is 11.8. The summed E-state index contributed by atoms with van der Waals surface area (Å²) in [6, 6.07) is 4.83. The van der Waals surface area contributed by atoms with Gasteiger partial charge in [-0.25, -0.2) is 4.68 Å². The molecule has 0 aliphatic heterocycles. The molecule has 0 bridgehead atoms. The highest BCUT2D eigenvalue weighted by Crippen LogP contribution is 2.34. The minimum Gasteiger partial charge on any atom is -0.291 e. The molecular weight excluding hydrogens is 246 g/mol. The molecule has 1 saturated carbocycles. The van der Waals surface area contributed by atoms with Crippen molar-refractivity contribution in [1.82, 2.24) is 25.1 Å². The minimum absolute atomic E-state index is 0.551. The second kappa shape index (κ2) is 5.16. The van der Waals surface area contributed by atoms with Gasteiger partial charge in [-0.05, 0) is 41.3 Å². The summed E-state index contributed by atoms with van der Waals surface area (Å²) in [4.78, 5) is 3.76. The fourth-order valence-electron chi connectivity index (χ4n) is 2.02. The smallest absolute Gasteiger partial charge is 0.165 e. The molecule has 0 aromatic carbocycles. The fraction of sp³-hybridized carbons (Fsp3) is 0.583. The van der Waals surface area contributed by atoms with Crippen molar-refractivity contribution in [2.24, 2.45) is 0 Å². The van der Waals surface area contributed by atoms with Crippen molar-refractivity contribution in [1.29, 1.82) is 0 Å². The Kier molecular flexibility index (Phi) is 3.38. The topological polar surface area (TPSA) is 46.8 Å². The zero-order valence-electron chi connectivity index (χ0n) is 10.5. The molecule has 1 aliphatic carbocycles. The molecule has 0 unspecified atom stereocenters. The van der Waals surface area contributed by atoms with Crippen LogP contribution in [0.15, 0.2) is 17.5 Å². The van der Waals surface area contributed by atoms with Crippen molar-refractivity contribution in [3.8, 4) is 0 Å². The van der Waals surface area contributed by atoms with Crippen LogP contribution in [-0.2, 0) is 13.1 Å². The van der Waals surface area contributed by atoms with E-state index in [0.717, 1.165) is 25.5 Å². The number of tetrazole rings is 1. The Morgan fingerprint density at radius 1 is 1.44 bits per heavy atom. The van der Waals surface area contributed by atoms with Crippen molar-refractivity contribution in [3.05, 3.63) is 28.2 Å². The number of hydrogen-bond acceptors (Lipinski definition) is 5. The van der Waals surface area contributed by atoms with E-state index in [9.17, 15) is 0 Å². The van der Waals surface area contributed by atoms with Gasteiger partial charge in [0.1, 0.15) is 0 Å². The number of hydrogen-bond donors (Lipinski definition) is 0. The van der Waals surface area contributed by atoms with E-state index in [1.807, 2.05) is 4.68 Å². The molecule has 6 heteroatoms.